The van der Waals surface area contributed by atoms with Crippen molar-refractivity contribution in [3.05, 3.63) is 159 Å². The van der Waals surface area contributed by atoms with Gasteiger partial charge in [-0.1, -0.05) is 113 Å². The molecule has 5 aromatic rings. The Morgan fingerprint density at radius 3 is 1.60 bits per heavy atom. The molecule has 0 unspecified atom stereocenters. The number of aryl methyl sites for hydroxylation is 3. The summed E-state index contributed by atoms with van der Waals surface area (Å²) in [6.07, 6.45) is 4.50. The maximum atomic E-state index is 2.50. The Balaban J connectivity index is 1.48. The van der Waals surface area contributed by atoms with Crippen LogP contribution in [0.2, 0.25) is 0 Å². The molecule has 1 nitrogen and oxygen atoms in total. The number of hydrogen-bond donors (Lipinski definition) is 0. The number of allylic oxidation sites excluding steroid dienone is 2. The van der Waals surface area contributed by atoms with Crippen molar-refractivity contribution in [3.63, 3.8) is 0 Å². The van der Waals surface area contributed by atoms with Crippen molar-refractivity contribution >= 4 is 23.1 Å². The average Bonchev–Trinajstić information content (AvgIpc) is 3.45. The zero-order valence-electron chi connectivity index (χ0n) is 24.7. The monoisotopic (exact) mass is 559 g/mol. The minimum atomic E-state index is -0.362. The molecule has 0 radical (unpaired) electrons. The van der Waals surface area contributed by atoms with Crippen LogP contribution in [0, 0.1) is 20.8 Å². The average molecular weight is 560 g/mol. The number of para-hydroxylation sites is 1. The van der Waals surface area contributed by atoms with Crippen LogP contribution in [0.25, 0.3) is 22.3 Å². The lowest BCUT2D eigenvalue weighted by molar-refractivity contribution is 0.790. The van der Waals surface area contributed by atoms with E-state index in [0.29, 0.717) is 0 Å². The standard InChI is InChI=1S/C40H33NS/c1-6-36-38(7-2)42-39-11-9-8-10-37(39)41(36)27-15-19-31-30-18-14-26(5)22-34(30)40(35(31)23-27)32-20-24(3)12-16-28(32)29-17-13-25(4)21-33(29)40/h6-23H,1-5H3/b36-6+,38-7+. The summed E-state index contributed by atoms with van der Waals surface area (Å²) >= 11 is 1.86. The number of benzene rings is 5. The van der Waals surface area contributed by atoms with Gasteiger partial charge in [0, 0.05) is 15.5 Å². The van der Waals surface area contributed by atoms with Crippen LogP contribution in [0.1, 0.15) is 52.8 Å². The Morgan fingerprint density at radius 2 is 1.07 bits per heavy atom. The highest BCUT2D eigenvalue weighted by atomic mass is 32.2. The topological polar surface area (TPSA) is 3.24 Å². The summed E-state index contributed by atoms with van der Waals surface area (Å²) in [5.41, 5.74) is 18.2. The number of nitrogens with zero attached hydrogens (tertiary/aromatic N) is 1. The summed E-state index contributed by atoms with van der Waals surface area (Å²) in [5.74, 6) is 0. The molecule has 0 saturated heterocycles. The van der Waals surface area contributed by atoms with Crippen molar-refractivity contribution in [3.8, 4) is 22.3 Å². The van der Waals surface area contributed by atoms with Crippen LogP contribution in [-0.4, -0.2) is 0 Å². The molecule has 204 valence electrons. The Kier molecular flexibility index (Phi) is 5.52. The molecular weight excluding hydrogens is 527 g/mol. The zero-order chi connectivity index (χ0) is 28.7. The molecule has 1 heterocycles. The molecule has 0 atom stereocenters. The summed E-state index contributed by atoms with van der Waals surface area (Å²) in [6, 6.07) is 37.2. The third-order valence-corrected chi connectivity index (χ3v) is 10.6. The van der Waals surface area contributed by atoms with E-state index in [9.17, 15) is 0 Å². The molecule has 0 fully saturated rings. The molecule has 8 rings (SSSR count). The van der Waals surface area contributed by atoms with Gasteiger partial charge >= 0.3 is 0 Å². The molecule has 0 bridgehead atoms. The van der Waals surface area contributed by atoms with Crippen LogP contribution >= 0.6 is 11.8 Å². The third-order valence-electron chi connectivity index (χ3n) is 9.34. The minimum Gasteiger partial charge on any atom is -0.309 e. The highest BCUT2D eigenvalue weighted by Gasteiger charge is 2.52. The predicted octanol–water partition coefficient (Wildman–Crippen LogP) is 11.0. The molecule has 0 N–H and O–H groups in total. The van der Waals surface area contributed by atoms with Gasteiger partial charge in [0.05, 0.1) is 16.8 Å². The Hall–Kier alpha value is -4.27. The van der Waals surface area contributed by atoms with Gasteiger partial charge in [0.15, 0.2) is 0 Å². The van der Waals surface area contributed by atoms with Crippen molar-refractivity contribution in [2.75, 3.05) is 4.90 Å². The second-order valence-corrected chi connectivity index (χ2v) is 12.9. The quantitative estimate of drug-likeness (QED) is 0.197. The summed E-state index contributed by atoms with van der Waals surface area (Å²) in [6.45, 7) is 11.0. The first-order valence-corrected chi connectivity index (χ1v) is 15.7. The first kappa shape index (κ1) is 25.4. The van der Waals surface area contributed by atoms with Crippen molar-refractivity contribution in [1.29, 1.82) is 0 Å². The van der Waals surface area contributed by atoms with Crippen LogP contribution < -0.4 is 4.90 Å². The fourth-order valence-corrected chi connectivity index (χ4v) is 8.67. The normalized spacial score (nSPS) is 17.3. The summed E-state index contributed by atoms with van der Waals surface area (Å²) in [4.78, 5) is 5.04. The lowest BCUT2D eigenvalue weighted by Gasteiger charge is -2.36. The van der Waals surface area contributed by atoms with Crippen molar-refractivity contribution in [2.24, 2.45) is 0 Å². The van der Waals surface area contributed by atoms with Gasteiger partial charge in [-0.3, -0.25) is 0 Å². The largest absolute Gasteiger partial charge is 0.309 e. The van der Waals surface area contributed by atoms with E-state index in [-0.39, 0.29) is 5.41 Å². The summed E-state index contributed by atoms with van der Waals surface area (Å²) < 4.78 is 0. The van der Waals surface area contributed by atoms with Crippen LogP contribution in [0.3, 0.4) is 0 Å². The minimum absolute atomic E-state index is 0.362. The second kappa shape index (κ2) is 9.11. The van der Waals surface area contributed by atoms with E-state index in [2.05, 4.69) is 149 Å². The number of fused-ring (bicyclic) bond motifs is 11. The molecule has 1 spiro atoms. The fourth-order valence-electron chi connectivity index (χ4n) is 7.59. The van der Waals surface area contributed by atoms with Crippen LogP contribution in [0.5, 0.6) is 0 Å². The zero-order valence-corrected chi connectivity index (χ0v) is 25.6. The second-order valence-electron chi connectivity index (χ2n) is 11.9. The van der Waals surface area contributed by atoms with Gasteiger partial charge in [-0.2, -0.15) is 0 Å². The smallest absolute Gasteiger partial charge is 0.0726 e. The van der Waals surface area contributed by atoms with E-state index >= 15 is 0 Å². The van der Waals surface area contributed by atoms with Gasteiger partial charge in [-0.25, -0.2) is 0 Å². The van der Waals surface area contributed by atoms with Gasteiger partial charge in [-0.15, -0.1) is 0 Å². The summed E-state index contributed by atoms with van der Waals surface area (Å²) in [7, 11) is 0. The maximum Gasteiger partial charge on any atom is 0.0726 e. The number of thioether (sulfide) groups is 1. The van der Waals surface area contributed by atoms with Gasteiger partial charge in [-0.05, 0) is 103 Å². The number of anilines is 2. The molecule has 0 aromatic heterocycles. The first-order chi connectivity index (χ1) is 20.4. The highest BCUT2D eigenvalue weighted by Crippen LogP contribution is 2.64. The molecule has 42 heavy (non-hydrogen) atoms. The molecule has 2 heteroatoms. The van der Waals surface area contributed by atoms with E-state index in [1.807, 2.05) is 11.8 Å². The lowest BCUT2D eigenvalue weighted by Crippen LogP contribution is -2.27. The Bertz CT molecular complexity index is 1950. The van der Waals surface area contributed by atoms with E-state index in [1.165, 1.54) is 88.1 Å². The third kappa shape index (κ3) is 3.27. The van der Waals surface area contributed by atoms with Gasteiger partial charge in [0.2, 0.25) is 0 Å². The van der Waals surface area contributed by atoms with Crippen LogP contribution in [0.15, 0.2) is 125 Å². The molecule has 0 amide bonds. The molecule has 0 saturated carbocycles. The number of rotatable bonds is 1. The van der Waals surface area contributed by atoms with Gasteiger partial charge in [0.1, 0.15) is 0 Å². The number of hydrogen-bond acceptors (Lipinski definition) is 2. The van der Waals surface area contributed by atoms with Gasteiger partial charge in [0.25, 0.3) is 0 Å². The lowest BCUT2D eigenvalue weighted by atomic mass is 9.70. The molecular formula is C40H33NS. The Labute approximate surface area is 253 Å². The van der Waals surface area contributed by atoms with Crippen molar-refractivity contribution < 1.29 is 0 Å². The SMILES string of the molecule is C/C=C1/Sc2ccccc2N(c2ccc3c(c2)C2(c4cc(C)ccc4-c4ccc(C)cc42)c2cc(C)ccc2-3)/C1=C/C. The van der Waals surface area contributed by atoms with Crippen molar-refractivity contribution in [1.82, 2.24) is 0 Å². The van der Waals surface area contributed by atoms with Crippen LogP contribution in [-0.2, 0) is 5.41 Å². The van der Waals surface area contributed by atoms with E-state index in [0.717, 1.165) is 0 Å². The molecule has 1 aliphatic heterocycles. The predicted molar refractivity (Wildman–Crippen MR) is 179 cm³/mol. The Morgan fingerprint density at radius 1 is 0.571 bits per heavy atom. The first-order valence-electron chi connectivity index (χ1n) is 14.8. The molecule has 2 aliphatic carbocycles. The van der Waals surface area contributed by atoms with E-state index in [4.69, 9.17) is 0 Å². The molecule has 5 aromatic carbocycles. The maximum absolute atomic E-state index is 2.50. The van der Waals surface area contributed by atoms with Crippen molar-refractivity contribution in [2.45, 2.75) is 44.9 Å². The van der Waals surface area contributed by atoms with Crippen LogP contribution in [0.4, 0.5) is 11.4 Å². The summed E-state index contributed by atoms with van der Waals surface area (Å²) in [5, 5.41) is 0. The van der Waals surface area contributed by atoms with Gasteiger partial charge < -0.3 is 4.90 Å². The molecule has 3 aliphatic rings. The fraction of sp³-hybridized carbons (Fsp3) is 0.150. The van der Waals surface area contributed by atoms with E-state index in [1.54, 1.807) is 0 Å². The van der Waals surface area contributed by atoms with E-state index < -0.39 is 0 Å². The highest BCUT2D eigenvalue weighted by molar-refractivity contribution is 8.03.